The molecule has 1 rings (SSSR count). The zero-order valence-corrected chi connectivity index (χ0v) is 15.4. The first kappa shape index (κ1) is 18.5. The van der Waals surface area contributed by atoms with Gasteiger partial charge in [0.05, 0.1) is 12.2 Å². The Morgan fingerprint density at radius 1 is 1.19 bits per heavy atom. The Morgan fingerprint density at radius 2 is 1.81 bits per heavy atom. The lowest BCUT2D eigenvalue weighted by atomic mass is 9.82. The summed E-state index contributed by atoms with van der Waals surface area (Å²) in [6.45, 7) is 11.3. The molecule has 0 saturated heterocycles. The van der Waals surface area contributed by atoms with Gasteiger partial charge >= 0.3 is 0 Å². The van der Waals surface area contributed by atoms with Gasteiger partial charge in [-0.3, -0.25) is 0 Å². The van der Waals surface area contributed by atoms with Crippen LogP contribution in [0.3, 0.4) is 0 Å². The van der Waals surface area contributed by atoms with E-state index in [1.165, 1.54) is 10.5 Å². The van der Waals surface area contributed by atoms with E-state index in [9.17, 15) is 0 Å². The quantitative estimate of drug-likeness (QED) is 0.338. The average molecular weight is 325 g/mol. The van der Waals surface area contributed by atoms with Crippen molar-refractivity contribution in [3.8, 4) is 12.3 Å². The van der Waals surface area contributed by atoms with Gasteiger partial charge in [0.25, 0.3) is 0 Å². The summed E-state index contributed by atoms with van der Waals surface area (Å²) in [4.78, 5) is 1.29. The molecule has 118 valence electrons. The fourth-order valence-corrected chi connectivity index (χ4v) is 4.04. The van der Waals surface area contributed by atoms with E-state index in [-0.39, 0.29) is 12.4 Å². The van der Waals surface area contributed by atoms with Gasteiger partial charge in [0.15, 0.2) is 0 Å². The van der Waals surface area contributed by atoms with Crippen LogP contribution in [0.2, 0.25) is 0 Å². The molecular formula is C18H28OS2. The summed E-state index contributed by atoms with van der Waals surface area (Å²) >= 11 is 0. The summed E-state index contributed by atoms with van der Waals surface area (Å²) in [6, 6.07) is 8.61. The third kappa shape index (κ3) is 7.85. The van der Waals surface area contributed by atoms with E-state index in [1.54, 1.807) is 10.8 Å². The van der Waals surface area contributed by atoms with Crippen molar-refractivity contribution < 1.29 is 6.16 Å². The summed E-state index contributed by atoms with van der Waals surface area (Å²) in [5.74, 6) is 3.81. The van der Waals surface area contributed by atoms with Crippen LogP contribution >= 0.6 is 21.6 Å². The standard InChI is InChI=1S/C18H26OS2.H2/c1-7-17(3,4)14-18(5,6)19-12-13-20-21-16-10-8-15(2)9-11-16;/h1,8-11H,12-14H2,2-6H3;1H. The molecular weight excluding hydrogens is 296 g/mol. The van der Waals surface area contributed by atoms with Crippen LogP contribution in [0.25, 0.3) is 0 Å². The molecule has 0 spiro atoms. The molecule has 1 aromatic carbocycles. The Balaban J connectivity index is 0.00000441. The topological polar surface area (TPSA) is 9.23 Å². The number of ether oxygens (including phenoxy) is 1. The lowest BCUT2D eigenvalue weighted by Gasteiger charge is -2.31. The fraction of sp³-hybridized carbons (Fsp3) is 0.556. The number of aryl methyl sites for hydroxylation is 1. The average Bonchev–Trinajstić information content (AvgIpc) is 2.39. The highest BCUT2D eigenvalue weighted by atomic mass is 33.1. The lowest BCUT2D eigenvalue weighted by Crippen LogP contribution is -2.31. The maximum absolute atomic E-state index is 5.99. The van der Waals surface area contributed by atoms with Crippen molar-refractivity contribution in [1.29, 1.82) is 0 Å². The van der Waals surface area contributed by atoms with E-state index >= 15 is 0 Å². The van der Waals surface area contributed by atoms with Crippen LogP contribution in [-0.4, -0.2) is 18.0 Å². The van der Waals surface area contributed by atoms with Crippen LogP contribution in [0, 0.1) is 24.7 Å². The minimum Gasteiger partial charge on any atom is -0.375 e. The van der Waals surface area contributed by atoms with E-state index in [0.29, 0.717) is 0 Å². The SMILES string of the molecule is C#CC(C)(C)CC(C)(C)OCCSSc1ccc(C)cc1.[HH]. The molecule has 21 heavy (non-hydrogen) atoms. The fourth-order valence-electron chi connectivity index (χ4n) is 2.22. The Labute approximate surface area is 139 Å². The van der Waals surface area contributed by atoms with Gasteiger partial charge in [-0.25, -0.2) is 0 Å². The maximum Gasteiger partial charge on any atom is 0.0641 e. The molecule has 0 fully saturated rings. The zero-order valence-electron chi connectivity index (χ0n) is 13.7. The van der Waals surface area contributed by atoms with Crippen molar-refractivity contribution in [2.45, 2.75) is 51.5 Å². The highest BCUT2D eigenvalue weighted by Crippen LogP contribution is 2.32. The van der Waals surface area contributed by atoms with Gasteiger partial charge in [0, 0.05) is 17.5 Å². The van der Waals surface area contributed by atoms with Crippen LogP contribution in [-0.2, 0) is 4.74 Å². The van der Waals surface area contributed by atoms with Crippen molar-refractivity contribution in [3.63, 3.8) is 0 Å². The van der Waals surface area contributed by atoms with Gasteiger partial charge in [0.1, 0.15) is 0 Å². The molecule has 0 bridgehead atoms. The maximum atomic E-state index is 5.99. The second-order valence-corrected chi connectivity index (χ2v) is 9.02. The summed E-state index contributed by atoms with van der Waals surface area (Å²) in [5, 5.41) is 0. The first-order valence-electron chi connectivity index (χ1n) is 7.22. The molecule has 0 atom stereocenters. The summed E-state index contributed by atoms with van der Waals surface area (Å²) in [7, 11) is 3.63. The van der Waals surface area contributed by atoms with Gasteiger partial charge in [-0.15, -0.1) is 12.3 Å². The second-order valence-electron chi connectivity index (χ2n) is 6.53. The van der Waals surface area contributed by atoms with E-state index in [2.05, 4.69) is 64.8 Å². The first-order valence-corrected chi connectivity index (χ1v) is 9.54. The Morgan fingerprint density at radius 3 is 2.38 bits per heavy atom. The van der Waals surface area contributed by atoms with Crippen LogP contribution in [0.15, 0.2) is 29.2 Å². The zero-order chi connectivity index (χ0) is 15.9. The van der Waals surface area contributed by atoms with E-state index in [0.717, 1.165) is 18.8 Å². The number of hydrogen-bond acceptors (Lipinski definition) is 3. The molecule has 0 heterocycles. The molecule has 0 N–H and O–H groups in total. The Bertz CT molecular complexity index is 475. The second kappa shape index (κ2) is 8.17. The molecule has 0 saturated carbocycles. The van der Waals surface area contributed by atoms with Crippen LogP contribution in [0.4, 0.5) is 0 Å². The highest BCUT2D eigenvalue weighted by molar-refractivity contribution is 8.76. The van der Waals surface area contributed by atoms with E-state index in [4.69, 9.17) is 11.2 Å². The van der Waals surface area contributed by atoms with Gasteiger partial charge in [0.2, 0.25) is 0 Å². The lowest BCUT2D eigenvalue weighted by molar-refractivity contribution is -0.0302. The largest absolute Gasteiger partial charge is 0.375 e. The molecule has 0 unspecified atom stereocenters. The molecule has 3 heteroatoms. The van der Waals surface area contributed by atoms with Crippen molar-refractivity contribution in [2.24, 2.45) is 5.41 Å². The molecule has 0 amide bonds. The summed E-state index contributed by atoms with van der Waals surface area (Å²) < 4.78 is 5.99. The number of benzene rings is 1. The van der Waals surface area contributed by atoms with Gasteiger partial charge < -0.3 is 4.74 Å². The monoisotopic (exact) mass is 324 g/mol. The van der Waals surface area contributed by atoms with Crippen LogP contribution < -0.4 is 0 Å². The van der Waals surface area contributed by atoms with Gasteiger partial charge in [-0.05, 0) is 53.2 Å². The van der Waals surface area contributed by atoms with Gasteiger partial charge in [-0.2, -0.15) is 0 Å². The molecule has 0 aliphatic rings. The molecule has 0 radical (unpaired) electrons. The Hall–Kier alpha value is -0.560. The first-order chi connectivity index (χ1) is 9.74. The highest BCUT2D eigenvalue weighted by Gasteiger charge is 2.27. The van der Waals surface area contributed by atoms with Crippen molar-refractivity contribution in [1.82, 2.24) is 0 Å². The summed E-state index contributed by atoms with van der Waals surface area (Å²) in [5.41, 5.74) is 1.00. The summed E-state index contributed by atoms with van der Waals surface area (Å²) in [6.07, 6.45) is 6.42. The van der Waals surface area contributed by atoms with E-state index in [1.807, 2.05) is 10.8 Å². The predicted octanol–water partition coefficient (Wildman–Crippen LogP) is 5.83. The number of hydrogen-bond donors (Lipinski definition) is 0. The molecule has 0 aromatic heterocycles. The smallest absolute Gasteiger partial charge is 0.0641 e. The predicted molar refractivity (Wildman–Crippen MR) is 98.9 cm³/mol. The third-order valence-corrected chi connectivity index (χ3v) is 5.44. The third-order valence-electron chi connectivity index (χ3n) is 3.09. The molecule has 1 aromatic rings. The number of terminal acetylenes is 1. The minimum absolute atomic E-state index is 0. The van der Waals surface area contributed by atoms with Crippen molar-refractivity contribution >= 4 is 21.6 Å². The molecule has 1 nitrogen and oxygen atoms in total. The van der Waals surface area contributed by atoms with Crippen molar-refractivity contribution in [3.05, 3.63) is 29.8 Å². The minimum atomic E-state index is -0.176. The van der Waals surface area contributed by atoms with Gasteiger partial charge in [-0.1, -0.05) is 39.3 Å². The van der Waals surface area contributed by atoms with E-state index < -0.39 is 0 Å². The normalized spacial score (nSPS) is 12.2. The van der Waals surface area contributed by atoms with Crippen LogP contribution in [0.1, 0.15) is 41.1 Å². The van der Waals surface area contributed by atoms with Crippen LogP contribution in [0.5, 0.6) is 0 Å². The number of rotatable bonds is 8. The van der Waals surface area contributed by atoms with Crippen molar-refractivity contribution in [2.75, 3.05) is 12.4 Å². The Kier molecular flexibility index (Phi) is 7.20. The molecule has 0 aliphatic carbocycles. The molecule has 0 aliphatic heterocycles.